The first kappa shape index (κ1) is 23.4. The number of rotatable bonds is 4. The van der Waals surface area contributed by atoms with Crippen molar-refractivity contribution >= 4 is 17.5 Å². The van der Waals surface area contributed by atoms with Crippen LogP contribution in [0.2, 0.25) is 0 Å². The van der Waals surface area contributed by atoms with Crippen LogP contribution in [0.4, 0.5) is 32.0 Å². The average Bonchev–Trinajstić information content (AvgIpc) is 2.62. The van der Waals surface area contributed by atoms with Crippen LogP contribution in [0.3, 0.4) is 0 Å². The highest BCUT2D eigenvalue weighted by atomic mass is 19.4. The van der Waals surface area contributed by atoms with Gasteiger partial charge in [0.25, 0.3) is 0 Å². The van der Waals surface area contributed by atoms with Gasteiger partial charge in [0.15, 0.2) is 0 Å². The van der Waals surface area contributed by atoms with Gasteiger partial charge in [0, 0.05) is 31.5 Å². The number of halogens is 6. The van der Waals surface area contributed by atoms with Gasteiger partial charge in [0.2, 0.25) is 11.8 Å². The Morgan fingerprint density at radius 2 is 1.68 bits per heavy atom. The van der Waals surface area contributed by atoms with Crippen LogP contribution in [0.15, 0.2) is 18.2 Å². The summed E-state index contributed by atoms with van der Waals surface area (Å²) in [5.74, 6) is -1.29. The summed E-state index contributed by atoms with van der Waals surface area (Å²) in [5, 5.41) is 2.06. The molecular weight excluding hydrogens is 428 g/mol. The van der Waals surface area contributed by atoms with Crippen LogP contribution in [-0.2, 0) is 21.9 Å². The molecule has 3 rings (SSSR count). The van der Waals surface area contributed by atoms with Crippen LogP contribution in [0.25, 0.3) is 0 Å². The Morgan fingerprint density at radius 3 is 2.26 bits per heavy atom. The largest absolute Gasteiger partial charge is 0.418 e. The number of alkyl halides is 6. The minimum atomic E-state index is -5.07. The monoisotopic (exact) mass is 451 g/mol. The van der Waals surface area contributed by atoms with E-state index in [4.69, 9.17) is 5.73 Å². The van der Waals surface area contributed by atoms with Crippen molar-refractivity contribution in [2.75, 3.05) is 18.4 Å². The van der Waals surface area contributed by atoms with Crippen LogP contribution >= 0.6 is 0 Å². The number of nitrogens with zero attached hydrogens (tertiary/aromatic N) is 1. The summed E-state index contributed by atoms with van der Waals surface area (Å²) in [7, 11) is 0. The number of hydrogen-bond acceptors (Lipinski definition) is 3. The third kappa shape index (κ3) is 5.50. The van der Waals surface area contributed by atoms with Crippen molar-refractivity contribution in [1.82, 2.24) is 4.90 Å². The Balaban J connectivity index is 1.58. The predicted molar refractivity (Wildman–Crippen MR) is 99.7 cm³/mol. The highest BCUT2D eigenvalue weighted by Gasteiger charge is 2.40. The Labute approximate surface area is 174 Å². The summed E-state index contributed by atoms with van der Waals surface area (Å²) in [5.41, 5.74) is 2.27. The molecule has 2 amide bonds. The third-order valence-electron chi connectivity index (χ3n) is 5.81. The van der Waals surface area contributed by atoms with Crippen molar-refractivity contribution in [3.8, 4) is 0 Å². The van der Waals surface area contributed by atoms with Gasteiger partial charge in [-0.25, -0.2) is 0 Å². The fraction of sp³-hybridized carbons (Fsp3) is 0.600. The van der Waals surface area contributed by atoms with E-state index in [9.17, 15) is 35.9 Å². The van der Waals surface area contributed by atoms with Gasteiger partial charge in [0.1, 0.15) is 0 Å². The molecule has 0 bridgehead atoms. The highest BCUT2D eigenvalue weighted by molar-refractivity contribution is 5.92. The molecule has 2 aliphatic rings. The van der Waals surface area contributed by atoms with Gasteiger partial charge in [-0.2, -0.15) is 26.3 Å². The van der Waals surface area contributed by atoms with Crippen LogP contribution < -0.4 is 11.1 Å². The fourth-order valence-electron chi connectivity index (χ4n) is 4.11. The summed E-state index contributed by atoms with van der Waals surface area (Å²) in [6.45, 7) is 0.600. The van der Waals surface area contributed by atoms with Crippen molar-refractivity contribution in [2.45, 2.75) is 50.5 Å². The van der Waals surface area contributed by atoms with Crippen LogP contribution in [0.1, 0.15) is 43.2 Å². The molecule has 1 aliphatic carbocycles. The normalized spacial score (nSPS) is 22.7. The Hall–Kier alpha value is -2.30. The molecule has 2 fully saturated rings. The molecule has 31 heavy (non-hydrogen) atoms. The third-order valence-corrected chi connectivity index (χ3v) is 5.81. The van der Waals surface area contributed by atoms with E-state index in [2.05, 4.69) is 5.32 Å². The first-order valence-corrected chi connectivity index (χ1v) is 9.99. The molecular formula is C20H23F6N3O2. The second-order valence-electron chi connectivity index (χ2n) is 8.17. The molecule has 0 spiro atoms. The Kier molecular flexibility index (Phi) is 6.54. The van der Waals surface area contributed by atoms with Gasteiger partial charge in [-0.3, -0.25) is 9.59 Å². The minimum Gasteiger partial charge on any atom is -0.342 e. The van der Waals surface area contributed by atoms with Crippen LogP contribution in [-0.4, -0.2) is 35.8 Å². The topological polar surface area (TPSA) is 75.4 Å². The van der Waals surface area contributed by atoms with Crippen molar-refractivity contribution in [3.05, 3.63) is 29.3 Å². The maximum Gasteiger partial charge on any atom is 0.418 e. The molecule has 0 unspecified atom stereocenters. The molecule has 1 aromatic carbocycles. The molecule has 1 heterocycles. The van der Waals surface area contributed by atoms with E-state index >= 15 is 0 Å². The van der Waals surface area contributed by atoms with Gasteiger partial charge < -0.3 is 16.0 Å². The van der Waals surface area contributed by atoms with Gasteiger partial charge in [-0.1, -0.05) is 12.8 Å². The zero-order valence-electron chi connectivity index (χ0n) is 16.5. The molecule has 0 aromatic heterocycles. The first-order valence-electron chi connectivity index (χ1n) is 9.99. The second-order valence-corrected chi connectivity index (χ2v) is 8.17. The van der Waals surface area contributed by atoms with E-state index < -0.39 is 35.1 Å². The lowest BCUT2D eigenvalue weighted by molar-refractivity contribution is -0.145. The molecule has 1 aromatic rings. The van der Waals surface area contributed by atoms with E-state index in [1.165, 1.54) is 0 Å². The van der Waals surface area contributed by atoms with Crippen LogP contribution in [0.5, 0.6) is 0 Å². The highest BCUT2D eigenvalue weighted by Crippen LogP contribution is 2.39. The lowest BCUT2D eigenvalue weighted by Crippen LogP contribution is -2.55. The zero-order valence-corrected chi connectivity index (χ0v) is 16.5. The number of nitrogens with two attached hydrogens (primary N) is 1. The number of hydrogen-bond donors (Lipinski definition) is 2. The minimum absolute atomic E-state index is 0.0211. The molecule has 5 nitrogen and oxygen atoms in total. The summed E-state index contributed by atoms with van der Waals surface area (Å²) in [6, 6.07) is 0.878. The van der Waals surface area contributed by atoms with E-state index in [0.29, 0.717) is 25.2 Å². The number of nitrogens with one attached hydrogen (secondary N) is 1. The summed E-state index contributed by atoms with van der Waals surface area (Å²) < 4.78 is 77.8. The van der Waals surface area contributed by atoms with Crippen molar-refractivity contribution < 1.29 is 35.9 Å². The average molecular weight is 451 g/mol. The number of amides is 2. The molecule has 2 atom stereocenters. The van der Waals surface area contributed by atoms with Gasteiger partial charge in [-0.05, 0) is 31.0 Å². The van der Waals surface area contributed by atoms with Crippen LogP contribution in [0, 0.1) is 11.8 Å². The number of benzene rings is 1. The van der Waals surface area contributed by atoms with Crippen molar-refractivity contribution in [1.29, 1.82) is 0 Å². The van der Waals surface area contributed by atoms with E-state index in [1.807, 2.05) is 0 Å². The Morgan fingerprint density at radius 1 is 1.03 bits per heavy atom. The maximum absolute atomic E-state index is 13.2. The molecule has 1 aliphatic heterocycles. The van der Waals surface area contributed by atoms with Crippen molar-refractivity contribution in [3.63, 3.8) is 0 Å². The van der Waals surface area contributed by atoms with Gasteiger partial charge in [0.05, 0.1) is 22.7 Å². The maximum atomic E-state index is 13.2. The molecule has 0 radical (unpaired) electrons. The molecule has 172 valence electrons. The quantitative estimate of drug-likeness (QED) is 0.679. The summed E-state index contributed by atoms with van der Waals surface area (Å²) >= 11 is 0. The zero-order chi connectivity index (χ0) is 23.0. The van der Waals surface area contributed by atoms with Crippen molar-refractivity contribution in [2.24, 2.45) is 17.6 Å². The smallest absolute Gasteiger partial charge is 0.342 e. The number of anilines is 1. The summed E-state index contributed by atoms with van der Waals surface area (Å²) in [6.07, 6.45) is -6.73. The fourth-order valence-corrected chi connectivity index (χ4v) is 4.11. The van der Waals surface area contributed by atoms with Gasteiger partial charge >= 0.3 is 12.4 Å². The SMILES string of the molecule is N[C@@H]1CCCC[C@H]1C(=O)N1CC(CC(=O)Nc2ccc(C(F)(F)F)cc2C(F)(F)F)C1. The predicted octanol–water partition coefficient (Wildman–Crippen LogP) is 4.03. The van der Waals surface area contributed by atoms with E-state index in [1.54, 1.807) is 4.90 Å². The van der Waals surface area contributed by atoms with Gasteiger partial charge in [-0.15, -0.1) is 0 Å². The lowest BCUT2D eigenvalue weighted by Gasteiger charge is -2.42. The second kappa shape index (κ2) is 8.68. The molecule has 11 heteroatoms. The standard InChI is InChI=1S/C20H23F6N3O2/c21-19(22,23)12-5-6-16(14(8-12)20(24,25)26)28-17(30)7-11-9-29(10-11)18(31)13-3-1-2-4-15(13)27/h5-6,8,11,13,15H,1-4,7,9-10,27H2,(H,28,30)/t13-,15-/m1/s1. The molecule has 3 N–H and O–H groups in total. The lowest BCUT2D eigenvalue weighted by atomic mass is 9.82. The number of likely N-dealkylation sites (tertiary alicyclic amines) is 1. The molecule has 1 saturated heterocycles. The number of carbonyl (C=O) groups is 2. The molecule has 1 saturated carbocycles. The first-order chi connectivity index (χ1) is 14.4. The number of carbonyl (C=O) groups excluding carboxylic acids is 2. The van der Waals surface area contributed by atoms with E-state index in [-0.39, 0.29) is 36.3 Å². The van der Waals surface area contributed by atoms with E-state index in [0.717, 1.165) is 25.7 Å². The summed E-state index contributed by atoms with van der Waals surface area (Å²) in [4.78, 5) is 26.3. The Bertz CT molecular complexity index is 833.